The van der Waals surface area contributed by atoms with Crippen molar-refractivity contribution in [3.63, 3.8) is 0 Å². The van der Waals surface area contributed by atoms with Crippen LogP contribution in [0.4, 0.5) is 0 Å². The minimum absolute atomic E-state index is 0.149. The first-order chi connectivity index (χ1) is 9.17. The molecule has 5 heteroatoms. The molecule has 0 radical (unpaired) electrons. The molecule has 0 saturated heterocycles. The molecule has 0 amide bonds. The van der Waals surface area contributed by atoms with Gasteiger partial charge in [0, 0.05) is 13.1 Å². The van der Waals surface area contributed by atoms with Crippen molar-refractivity contribution < 1.29 is 4.42 Å². The Labute approximate surface area is 118 Å². The lowest BCUT2D eigenvalue weighted by molar-refractivity contribution is 0.424. The van der Waals surface area contributed by atoms with Crippen molar-refractivity contribution in [3.05, 3.63) is 40.6 Å². The second-order valence-corrected chi connectivity index (χ2v) is 4.87. The Bertz CT molecular complexity index is 519. The van der Waals surface area contributed by atoms with Crippen LogP contribution in [0.5, 0.6) is 0 Å². The van der Waals surface area contributed by atoms with Crippen molar-refractivity contribution >= 4 is 11.6 Å². The lowest BCUT2D eigenvalue weighted by Crippen LogP contribution is -2.20. The number of furan rings is 1. The molecule has 0 spiro atoms. The van der Waals surface area contributed by atoms with Gasteiger partial charge in [0.1, 0.15) is 5.76 Å². The van der Waals surface area contributed by atoms with E-state index in [9.17, 15) is 0 Å². The average Bonchev–Trinajstić information content (AvgIpc) is 3.04. The van der Waals surface area contributed by atoms with Crippen LogP contribution in [-0.4, -0.2) is 9.78 Å². The van der Waals surface area contributed by atoms with Crippen LogP contribution in [0, 0.1) is 0 Å². The maximum absolute atomic E-state index is 6.37. The average molecular weight is 282 g/mol. The maximum Gasteiger partial charge on any atom is 0.120 e. The summed E-state index contributed by atoms with van der Waals surface area (Å²) in [5, 5.41) is 8.70. The van der Waals surface area contributed by atoms with Gasteiger partial charge >= 0.3 is 0 Å². The Kier molecular flexibility index (Phi) is 4.66. The monoisotopic (exact) mass is 281 g/mol. The van der Waals surface area contributed by atoms with Gasteiger partial charge in [-0.2, -0.15) is 5.10 Å². The molecule has 0 aliphatic carbocycles. The molecule has 0 aliphatic rings. The summed E-state index contributed by atoms with van der Waals surface area (Å²) in [6, 6.07) is 4.01. The third kappa shape index (κ3) is 3.01. The first-order valence-corrected chi connectivity index (χ1v) is 7.06. The Morgan fingerprint density at radius 2 is 2.26 bits per heavy atom. The van der Waals surface area contributed by atoms with Crippen LogP contribution >= 0.6 is 11.6 Å². The minimum atomic E-state index is 0.149. The van der Waals surface area contributed by atoms with Crippen LogP contribution in [-0.2, 0) is 19.5 Å². The maximum atomic E-state index is 6.37. The Morgan fingerprint density at radius 1 is 1.47 bits per heavy atom. The predicted octanol–water partition coefficient (Wildman–Crippen LogP) is 3.56. The molecule has 0 fully saturated rings. The molecule has 0 aliphatic heterocycles. The van der Waals surface area contributed by atoms with E-state index in [1.54, 1.807) is 6.26 Å². The van der Waals surface area contributed by atoms with E-state index in [1.807, 2.05) is 16.8 Å². The van der Waals surface area contributed by atoms with Crippen LogP contribution < -0.4 is 5.32 Å². The molecule has 0 bridgehead atoms. The van der Waals surface area contributed by atoms with Gasteiger partial charge in [-0.25, -0.2) is 0 Å². The van der Waals surface area contributed by atoms with Crippen LogP contribution in [0.3, 0.4) is 0 Å². The third-order valence-electron chi connectivity index (χ3n) is 3.24. The smallest absolute Gasteiger partial charge is 0.120 e. The summed E-state index contributed by atoms with van der Waals surface area (Å²) >= 11 is 6.37. The van der Waals surface area contributed by atoms with Gasteiger partial charge in [-0.3, -0.25) is 4.68 Å². The SMILES string of the molecule is CCc1nn(CC)c(CN[C@@H](C)c2ccco2)c1Cl. The Morgan fingerprint density at radius 3 is 2.84 bits per heavy atom. The normalized spacial score (nSPS) is 12.8. The van der Waals surface area contributed by atoms with Gasteiger partial charge in [0.15, 0.2) is 0 Å². The quantitative estimate of drug-likeness (QED) is 0.880. The number of aromatic nitrogens is 2. The lowest BCUT2D eigenvalue weighted by Gasteiger charge is -2.12. The fourth-order valence-electron chi connectivity index (χ4n) is 2.07. The van der Waals surface area contributed by atoms with Crippen molar-refractivity contribution in [1.82, 2.24) is 15.1 Å². The second-order valence-electron chi connectivity index (χ2n) is 4.49. The number of rotatable bonds is 6. The van der Waals surface area contributed by atoms with Crippen LogP contribution in [0.2, 0.25) is 5.02 Å². The Hall–Kier alpha value is -1.26. The van der Waals surface area contributed by atoms with E-state index in [1.165, 1.54) is 0 Å². The van der Waals surface area contributed by atoms with Crippen LogP contribution in [0.15, 0.2) is 22.8 Å². The first-order valence-electron chi connectivity index (χ1n) is 6.68. The van der Waals surface area contributed by atoms with E-state index in [0.717, 1.165) is 35.1 Å². The summed E-state index contributed by atoms with van der Waals surface area (Å²) in [5.74, 6) is 0.925. The van der Waals surface area contributed by atoms with Gasteiger partial charge in [-0.1, -0.05) is 18.5 Å². The molecule has 1 N–H and O–H groups in total. The number of hydrogen-bond acceptors (Lipinski definition) is 3. The summed E-state index contributed by atoms with van der Waals surface area (Å²) in [7, 11) is 0. The largest absolute Gasteiger partial charge is 0.468 e. The predicted molar refractivity (Wildman–Crippen MR) is 76.3 cm³/mol. The summed E-state index contributed by atoms with van der Waals surface area (Å²) < 4.78 is 7.34. The zero-order valence-corrected chi connectivity index (χ0v) is 12.4. The molecular formula is C14H20ClN3O. The molecule has 0 saturated carbocycles. The van der Waals surface area contributed by atoms with Crippen molar-refractivity contribution in [2.24, 2.45) is 0 Å². The van der Waals surface area contributed by atoms with E-state index >= 15 is 0 Å². The van der Waals surface area contributed by atoms with E-state index in [0.29, 0.717) is 6.54 Å². The highest BCUT2D eigenvalue weighted by atomic mass is 35.5. The molecular weight excluding hydrogens is 262 g/mol. The fourth-order valence-corrected chi connectivity index (χ4v) is 2.41. The zero-order valence-electron chi connectivity index (χ0n) is 11.6. The van der Waals surface area contributed by atoms with Gasteiger partial charge in [0.2, 0.25) is 0 Å². The summed E-state index contributed by atoms with van der Waals surface area (Å²) in [5.41, 5.74) is 2.00. The molecule has 2 aromatic rings. The van der Waals surface area contributed by atoms with E-state index in [-0.39, 0.29) is 6.04 Å². The van der Waals surface area contributed by atoms with Crippen LogP contribution in [0.25, 0.3) is 0 Å². The van der Waals surface area contributed by atoms with E-state index in [2.05, 4.69) is 31.2 Å². The van der Waals surface area contributed by atoms with Crippen molar-refractivity contribution in [2.75, 3.05) is 0 Å². The molecule has 0 unspecified atom stereocenters. The van der Waals surface area contributed by atoms with E-state index in [4.69, 9.17) is 16.0 Å². The highest BCUT2D eigenvalue weighted by molar-refractivity contribution is 6.31. The summed E-state index contributed by atoms with van der Waals surface area (Å²) in [6.45, 7) is 7.71. The summed E-state index contributed by atoms with van der Waals surface area (Å²) in [6.07, 6.45) is 2.54. The van der Waals surface area contributed by atoms with Crippen LogP contribution in [0.1, 0.15) is 44.0 Å². The van der Waals surface area contributed by atoms with Gasteiger partial charge in [-0.05, 0) is 32.4 Å². The number of aryl methyl sites for hydroxylation is 2. The molecule has 104 valence electrons. The molecule has 1 atom stereocenters. The molecule has 19 heavy (non-hydrogen) atoms. The van der Waals surface area contributed by atoms with E-state index < -0.39 is 0 Å². The highest BCUT2D eigenvalue weighted by Gasteiger charge is 2.15. The topological polar surface area (TPSA) is 43.0 Å². The molecule has 0 aromatic carbocycles. The first kappa shape index (κ1) is 14.2. The van der Waals surface area contributed by atoms with Gasteiger partial charge < -0.3 is 9.73 Å². The number of hydrogen-bond donors (Lipinski definition) is 1. The van der Waals surface area contributed by atoms with Crippen molar-refractivity contribution in [1.29, 1.82) is 0 Å². The third-order valence-corrected chi connectivity index (χ3v) is 3.68. The highest BCUT2D eigenvalue weighted by Crippen LogP contribution is 2.22. The van der Waals surface area contributed by atoms with Crippen molar-refractivity contribution in [3.8, 4) is 0 Å². The number of nitrogens with one attached hydrogen (secondary N) is 1. The number of nitrogens with zero attached hydrogens (tertiary/aromatic N) is 2. The van der Waals surface area contributed by atoms with Crippen molar-refractivity contribution in [2.45, 2.75) is 46.3 Å². The summed E-state index contributed by atoms with van der Waals surface area (Å²) in [4.78, 5) is 0. The zero-order chi connectivity index (χ0) is 13.8. The number of halogens is 1. The second kappa shape index (κ2) is 6.26. The molecule has 2 rings (SSSR count). The molecule has 2 aromatic heterocycles. The molecule has 4 nitrogen and oxygen atoms in total. The standard InChI is InChI=1S/C14H20ClN3O/c1-4-11-14(15)12(18(5-2)17-11)9-16-10(3)13-7-6-8-19-13/h6-8,10,16H,4-5,9H2,1-3H3/t10-/m0/s1. The van der Waals surface area contributed by atoms with Gasteiger partial charge in [0.25, 0.3) is 0 Å². The lowest BCUT2D eigenvalue weighted by atomic mass is 10.2. The Balaban J connectivity index is 2.08. The fraction of sp³-hybridized carbons (Fsp3) is 0.500. The van der Waals surface area contributed by atoms with Gasteiger partial charge in [-0.15, -0.1) is 0 Å². The minimum Gasteiger partial charge on any atom is -0.468 e. The van der Waals surface area contributed by atoms with Gasteiger partial charge in [0.05, 0.1) is 28.7 Å². The molecule has 2 heterocycles.